The third-order valence-corrected chi connectivity index (χ3v) is 4.71. The van der Waals surface area contributed by atoms with E-state index in [1.807, 2.05) is 13.8 Å². The summed E-state index contributed by atoms with van der Waals surface area (Å²) in [5.74, 6) is 0.363. The minimum absolute atomic E-state index is 0.123. The smallest absolute Gasteiger partial charge is 0.305 e. The quantitative estimate of drug-likeness (QED) is 0.696. The van der Waals surface area contributed by atoms with E-state index in [0.717, 1.165) is 18.5 Å². The van der Waals surface area contributed by atoms with Crippen LogP contribution in [0, 0.1) is 5.92 Å². The fourth-order valence-electron chi connectivity index (χ4n) is 3.26. The number of rotatable bonds is 5. The molecule has 3 aromatic heterocycles. The predicted molar refractivity (Wildman–Crippen MR) is 105 cm³/mol. The van der Waals surface area contributed by atoms with Crippen molar-refractivity contribution in [2.24, 2.45) is 13.0 Å². The van der Waals surface area contributed by atoms with Crippen molar-refractivity contribution in [3.05, 3.63) is 50.4 Å². The van der Waals surface area contributed by atoms with Gasteiger partial charge in [-0.05, 0) is 24.8 Å². The van der Waals surface area contributed by atoms with Gasteiger partial charge in [-0.1, -0.05) is 13.8 Å². The summed E-state index contributed by atoms with van der Waals surface area (Å²) in [7, 11) is 1.75. The van der Waals surface area contributed by atoms with E-state index in [-0.39, 0.29) is 28.4 Å². The zero-order chi connectivity index (χ0) is 20.0. The SMILES string of the molecule is CC(C)Cn1c(=O)[nH]c(=O)c2c(C(=O)Nc3ccn(C)n3)cc(C3CC3)nc21. The Morgan fingerprint density at radius 1 is 1.36 bits per heavy atom. The molecule has 3 heterocycles. The highest BCUT2D eigenvalue weighted by Crippen LogP contribution is 2.40. The van der Waals surface area contributed by atoms with Crippen LogP contribution in [0.25, 0.3) is 11.0 Å². The van der Waals surface area contributed by atoms with E-state index in [4.69, 9.17) is 0 Å². The molecule has 3 aromatic rings. The van der Waals surface area contributed by atoms with Crippen molar-refractivity contribution in [3.8, 4) is 0 Å². The summed E-state index contributed by atoms with van der Waals surface area (Å²) < 4.78 is 3.02. The Bertz CT molecular complexity index is 1180. The van der Waals surface area contributed by atoms with Crippen LogP contribution in [0.4, 0.5) is 5.82 Å². The number of hydrogen-bond donors (Lipinski definition) is 2. The van der Waals surface area contributed by atoms with E-state index in [1.54, 1.807) is 30.1 Å². The normalized spacial score (nSPS) is 14.0. The molecule has 0 aliphatic heterocycles. The van der Waals surface area contributed by atoms with Crippen LogP contribution < -0.4 is 16.6 Å². The van der Waals surface area contributed by atoms with Gasteiger partial charge >= 0.3 is 5.69 Å². The van der Waals surface area contributed by atoms with Gasteiger partial charge in [0.25, 0.3) is 11.5 Å². The number of nitrogens with zero attached hydrogens (tertiary/aromatic N) is 4. The van der Waals surface area contributed by atoms with E-state index in [1.165, 1.54) is 4.57 Å². The van der Waals surface area contributed by atoms with Gasteiger partial charge in [-0.2, -0.15) is 5.10 Å². The Labute approximate surface area is 160 Å². The van der Waals surface area contributed by atoms with Gasteiger partial charge in [-0.15, -0.1) is 0 Å². The number of nitrogens with one attached hydrogen (secondary N) is 2. The molecule has 1 saturated carbocycles. The fraction of sp³-hybridized carbons (Fsp3) is 0.421. The molecule has 1 fully saturated rings. The first-order chi connectivity index (χ1) is 13.3. The van der Waals surface area contributed by atoms with Crippen LogP contribution in [0.5, 0.6) is 0 Å². The molecule has 0 spiro atoms. The molecule has 0 aromatic carbocycles. The van der Waals surface area contributed by atoms with Crippen LogP contribution in [0.15, 0.2) is 27.9 Å². The Balaban J connectivity index is 1.92. The maximum atomic E-state index is 13.0. The van der Waals surface area contributed by atoms with Crippen molar-refractivity contribution in [1.29, 1.82) is 0 Å². The van der Waals surface area contributed by atoms with Gasteiger partial charge in [-0.25, -0.2) is 9.78 Å². The lowest BCUT2D eigenvalue weighted by Gasteiger charge is -2.14. The fourth-order valence-corrected chi connectivity index (χ4v) is 3.26. The lowest BCUT2D eigenvalue weighted by atomic mass is 10.1. The second kappa shape index (κ2) is 6.74. The Morgan fingerprint density at radius 3 is 2.71 bits per heavy atom. The number of aryl methyl sites for hydroxylation is 1. The summed E-state index contributed by atoms with van der Waals surface area (Å²) in [6, 6.07) is 3.33. The van der Waals surface area contributed by atoms with Crippen molar-refractivity contribution in [3.63, 3.8) is 0 Å². The largest absolute Gasteiger partial charge is 0.330 e. The van der Waals surface area contributed by atoms with Gasteiger partial charge in [0, 0.05) is 37.5 Å². The highest BCUT2D eigenvalue weighted by atomic mass is 16.2. The molecule has 9 heteroatoms. The van der Waals surface area contributed by atoms with Crippen molar-refractivity contribution in [1.82, 2.24) is 24.3 Å². The van der Waals surface area contributed by atoms with Gasteiger partial charge in [0.05, 0.1) is 10.9 Å². The number of pyridine rings is 1. The summed E-state index contributed by atoms with van der Waals surface area (Å²) in [4.78, 5) is 44.9. The molecule has 146 valence electrons. The van der Waals surface area contributed by atoms with Gasteiger partial charge in [-0.3, -0.25) is 23.8 Å². The number of amides is 1. The molecular formula is C19H22N6O3. The highest BCUT2D eigenvalue weighted by Gasteiger charge is 2.29. The summed E-state index contributed by atoms with van der Waals surface area (Å²) in [5.41, 5.74) is 0.0827. The maximum Gasteiger partial charge on any atom is 0.330 e. The second-order valence-corrected chi connectivity index (χ2v) is 7.66. The van der Waals surface area contributed by atoms with E-state index in [9.17, 15) is 14.4 Å². The van der Waals surface area contributed by atoms with Gasteiger partial charge in [0.15, 0.2) is 11.5 Å². The summed E-state index contributed by atoms with van der Waals surface area (Å²) in [6.45, 7) is 4.35. The zero-order valence-electron chi connectivity index (χ0n) is 16.0. The lowest BCUT2D eigenvalue weighted by molar-refractivity contribution is 0.102. The number of aromatic amines is 1. The summed E-state index contributed by atoms with van der Waals surface area (Å²) in [5, 5.41) is 6.99. The average molecular weight is 382 g/mol. The van der Waals surface area contributed by atoms with E-state index in [0.29, 0.717) is 12.4 Å². The van der Waals surface area contributed by atoms with Gasteiger partial charge in [0.2, 0.25) is 0 Å². The number of hydrogen-bond acceptors (Lipinski definition) is 5. The monoisotopic (exact) mass is 382 g/mol. The van der Waals surface area contributed by atoms with E-state index in [2.05, 4.69) is 20.4 Å². The van der Waals surface area contributed by atoms with Gasteiger partial charge in [0.1, 0.15) is 0 Å². The first-order valence-corrected chi connectivity index (χ1v) is 9.32. The first kappa shape index (κ1) is 18.1. The van der Waals surface area contributed by atoms with Crippen molar-refractivity contribution < 1.29 is 4.79 Å². The minimum atomic E-state index is -0.610. The molecule has 0 radical (unpaired) electrons. The molecule has 1 amide bonds. The van der Waals surface area contributed by atoms with E-state index < -0.39 is 17.2 Å². The van der Waals surface area contributed by atoms with Crippen molar-refractivity contribution in [2.75, 3.05) is 5.32 Å². The number of H-pyrrole nitrogens is 1. The number of anilines is 1. The second-order valence-electron chi connectivity index (χ2n) is 7.66. The van der Waals surface area contributed by atoms with Gasteiger partial charge < -0.3 is 5.32 Å². The maximum absolute atomic E-state index is 13.0. The van der Waals surface area contributed by atoms with E-state index >= 15 is 0 Å². The number of aromatic nitrogens is 5. The molecule has 9 nitrogen and oxygen atoms in total. The molecule has 28 heavy (non-hydrogen) atoms. The third kappa shape index (κ3) is 3.35. The lowest BCUT2D eigenvalue weighted by Crippen LogP contribution is -2.33. The molecule has 0 saturated heterocycles. The molecule has 1 aliphatic rings. The highest BCUT2D eigenvalue weighted by molar-refractivity contribution is 6.11. The summed E-state index contributed by atoms with van der Waals surface area (Å²) in [6.07, 6.45) is 3.68. The van der Waals surface area contributed by atoms with Crippen LogP contribution in [-0.4, -0.2) is 30.2 Å². The van der Waals surface area contributed by atoms with Crippen LogP contribution >= 0.6 is 0 Å². The molecule has 0 bridgehead atoms. The Morgan fingerprint density at radius 2 is 2.11 bits per heavy atom. The number of fused-ring (bicyclic) bond motifs is 1. The van der Waals surface area contributed by atoms with Crippen LogP contribution in [0.2, 0.25) is 0 Å². The zero-order valence-corrected chi connectivity index (χ0v) is 16.0. The summed E-state index contributed by atoms with van der Waals surface area (Å²) >= 11 is 0. The van der Waals surface area contributed by atoms with Crippen molar-refractivity contribution >= 4 is 22.8 Å². The van der Waals surface area contributed by atoms with Crippen LogP contribution in [-0.2, 0) is 13.6 Å². The molecule has 0 atom stereocenters. The molecule has 4 rings (SSSR count). The molecule has 2 N–H and O–H groups in total. The Kier molecular flexibility index (Phi) is 4.37. The topological polar surface area (TPSA) is 115 Å². The predicted octanol–water partition coefficient (Wildman–Crippen LogP) is 1.60. The van der Waals surface area contributed by atoms with Crippen LogP contribution in [0.3, 0.4) is 0 Å². The minimum Gasteiger partial charge on any atom is -0.305 e. The third-order valence-electron chi connectivity index (χ3n) is 4.71. The molecule has 1 aliphatic carbocycles. The average Bonchev–Trinajstić information content (AvgIpc) is 3.40. The standard InChI is InChI=1S/C19H22N6O3/c1-10(2)9-25-16-15(18(27)22-19(25)28)12(8-13(20-16)11-4-5-11)17(26)21-14-6-7-24(3)23-14/h6-8,10-11H,4-5,9H2,1-3H3,(H,21,23,26)(H,22,27,28). The first-order valence-electron chi connectivity index (χ1n) is 9.32. The molecular weight excluding hydrogens is 360 g/mol. The Hall–Kier alpha value is -3.23. The van der Waals surface area contributed by atoms with Crippen molar-refractivity contribution in [2.45, 2.75) is 39.2 Å². The number of carbonyl (C=O) groups excluding carboxylic acids is 1. The van der Waals surface area contributed by atoms with Crippen LogP contribution in [0.1, 0.15) is 48.7 Å². The number of carbonyl (C=O) groups is 1. The molecule has 0 unspecified atom stereocenters.